The molecule has 8 heteroatoms. The molecular weight excluding hydrogens is 537 g/mol. The fourth-order valence-electron chi connectivity index (χ4n) is 2.93. The first kappa shape index (κ1) is 23.0. The van der Waals surface area contributed by atoms with E-state index in [1.54, 1.807) is 6.08 Å². The van der Waals surface area contributed by atoms with Gasteiger partial charge in [0.1, 0.15) is 6.61 Å². The minimum atomic E-state index is -0.269. The lowest BCUT2D eigenvalue weighted by Crippen LogP contribution is -2.34. The Morgan fingerprint density at radius 1 is 1.20 bits per heavy atom. The minimum Gasteiger partial charge on any atom is -0.490 e. The van der Waals surface area contributed by atoms with E-state index >= 15 is 0 Å². The predicted octanol–water partition coefficient (Wildman–Crippen LogP) is 6.37. The van der Waals surface area contributed by atoms with Crippen molar-refractivity contribution in [3.05, 3.63) is 61.0 Å². The van der Waals surface area contributed by atoms with Crippen LogP contribution in [0.25, 0.3) is 6.08 Å². The lowest BCUT2D eigenvalue weighted by Gasteiger charge is -2.16. The fourth-order valence-corrected chi connectivity index (χ4v) is 4.89. The maximum Gasteiger partial charge on any atom is 0.293 e. The molecule has 0 bridgehead atoms. The number of ether oxygens (including phenoxy) is 2. The topological polar surface area (TPSA) is 55.8 Å². The van der Waals surface area contributed by atoms with Crippen molar-refractivity contribution in [1.82, 2.24) is 4.90 Å². The standard InChI is InChI=1S/C22H21ClINO4S/c1-4-28-18-10-15(11-19-21(26)25(13(2)3)22(27)30-19)9-17(24)20(18)29-12-14-6-5-7-16(23)8-14/h5-11,13H,4,12H2,1-3H3/b19-11-. The molecule has 0 spiro atoms. The summed E-state index contributed by atoms with van der Waals surface area (Å²) in [5, 5.41) is 0.406. The summed E-state index contributed by atoms with van der Waals surface area (Å²) in [6.45, 7) is 6.36. The van der Waals surface area contributed by atoms with Crippen LogP contribution in [0.3, 0.4) is 0 Å². The lowest BCUT2D eigenvalue weighted by molar-refractivity contribution is -0.123. The largest absolute Gasteiger partial charge is 0.490 e. The highest BCUT2D eigenvalue weighted by molar-refractivity contribution is 14.1. The third-order valence-corrected chi connectivity index (χ3v) is 6.16. The Hall–Kier alpha value is -1.71. The molecule has 1 aliphatic heterocycles. The van der Waals surface area contributed by atoms with E-state index in [1.807, 2.05) is 57.2 Å². The first-order chi connectivity index (χ1) is 14.3. The number of benzene rings is 2. The molecule has 0 aromatic heterocycles. The number of carbonyl (C=O) groups excluding carboxylic acids is 2. The second-order valence-corrected chi connectivity index (χ2v) is 9.42. The molecule has 0 N–H and O–H groups in total. The van der Waals surface area contributed by atoms with Gasteiger partial charge in [0, 0.05) is 11.1 Å². The summed E-state index contributed by atoms with van der Waals surface area (Å²) < 4.78 is 12.7. The van der Waals surface area contributed by atoms with E-state index < -0.39 is 0 Å². The van der Waals surface area contributed by atoms with Gasteiger partial charge in [-0.3, -0.25) is 14.5 Å². The fraction of sp³-hybridized carbons (Fsp3) is 0.273. The second kappa shape index (κ2) is 10.1. The van der Waals surface area contributed by atoms with Crippen LogP contribution in [0.5, 0.6) is 11.5 Å². The molecule has 5 nitrogen and oxygen atoms in total. The zero-order valence-electron chi connectivity index (χ0n) is 16.8. The third-order valence-electron chi connectivity index (χ3n) is 4.24. The average molecular weight is 558 g/mol. The zero-order chi connectivity index (χ0) is 21.8. The number of nitrogens with zero attached hydrogens (tertiary/aromatic N) is 1. The molecule has 30 heavy (non-hydrogen) atoms. The van der Waals surface area contributed by atoms with Gasteiger partial charge in [0.05, 0.1) is 15.1 Å². The van der Waals surface area contributed by atoms with Gasteiger partial charge in [0.15, 0.2) is 11.5 Å². The Kier molecular flexibility index (Phi) is 7.70. The molecule has 1 fully saturated rings. The van der Waals surface area contributed by atoms with Crippen molar-refractivity contribution >= 4 is 63.2 Å². The smallest absolute Gasteiger partial charge is 0.293 e. The van der Waals surface area contributed by atoms with Gasteiger partial charge in [-0.15, -0.1) is 0 Å². The van der Waals surface area contributed by atoms with Crippen LogP contribution in [0.1, 0.15) is 31.9 Å². The Balaban J connectivity index is 1.88. The summed E-state index contributed by atoms with van der Waals surface area (Å²) >= 11 is 9.18. The molecule has 2 amide bonds. The van der Waals surface area contributed by atoms with Crippen molar-refractivity contribution in [2.24, 2.45) is 0 Å². The summed E-state index contributed by atoms with van der Waals surface area (Å²) in [5.41, 5.74) is 1.72. The molecule has 0 unspecified atom stereocenters. The third kappa shape index (κ3) is 5.31. The summed E-state index contributed by atoms with van der Waals surface area (Å²) in [7, 11) is 0. The Morgan fingerprint density at radius 3 is 2.60 bits per heavy atom. The first-order valence-electron chi connectivity index (χ1n) is 9.40. The Morgan fingerprint density at radius 2 is 1.97 bits per heavy atom. The van der Waals surface area contributed by atoms with E-state index in [0.717, 1.165) is 26.5 Å². The number of hydrogen-bond donors (Lipinski definition) is 0. The van der Waals surface area contributed by atoms with Crippen LogP contribution in [0, 0.1) is 3.57 Å². The molecule has 1 saturated heterocycles. The first-order valence-corrected chi connectivity index (χ1v) is 11.7. The maximum absolute atomic E-state index is 12.6. The van der Waals surface area contributed by atoms with Crippen molar-refractivity contribution in [2.75, 3.05) is 6.61 Å². The Labute approximate surface area is 198 Å². The molecule has 158 valence electrons. The van der Waals surface area contributed by atoms with Gasteiger partial charge in [0.25, 0.3) is 11.1 Å². The van der Waals surface area contributed by atoms with Crippen molar-refractivity contribution < 1.29 is 19.1 Å². The van der Waals surface area contributed by atoms with Crippen molar-refractivity contribution in [3.8, 4) is 11.5 Å². The van der Waals surface area contributed by atoms with E-state index in [1.165, 1.54) is 4.90 Å². The zero-order valence-corrected chi connectivity index (χ0v) is 20.5. The van der Waals surface area contributed by atoms with E-state index in [2.05, 4.69) is 22.6 Å². The summed E-state index contributed by atoms with van der Waals surface area (Å²) in [5.74, 6) is 0.944. The monoisotopic (exact) mass is 557 g/mol. The highest BCUT2D eigenvalue weighted by Gasteiger charge is 2.36. The molecule has 1 heterocycles. The van der Waals surface area contributed by atoms with E-state index in [0.29, 0.717) is 34.6 Å². The van der Waals surface area contributed by atoms with Gasteiger partial charge in [-0.1, -0.05) is 23.7 Å². The summed E-state index contributed by atoms with van der Waals surface area (Å²) in [6.07, 6.45) is 1.72. The SMILES string of the molecule is CCOc1cc(/C=C2\SC(=O)N(C(C)C)C2=O)cc(I)c1OCc1cccc(Cl)c1. The van der Waals surface area contributed by atoms with Crippen molar-refractivity contribution in [3.63, 3.8) is 0 Å². The number of imide groups is 1. The lowest BCUT2D eigenvalue weighted by atomic mass is 10.1. The number of thioether (sulfide) groups is 1. The highest BCUT2D eigenvalue weighted by atomic mass is 127. The van der Waals surface area contributed by atoms with Gasteiger partial charge in [-0.2, -0.15) is 0 Å². The normalized spacial score (nSPS) is 15.4. The van der Waals surface area contributed by atoms with Crippen LogP contribution >= 0.6 is 46.0 Å². The second-order valence-electron chi connectivity index (χ2n) is 6.83. The van der Waals surface area contributed by atoms with Gasteiger partial charge in [-0.25, -0.2) is 0 Å². The molecule has 0 radical (unpaired) electrons. The number of amides is 2. The van der Waals surface area contributed by atoms with E-state index in [-0.39, 0.29) is 17.2 Å². The van der Waals surface area contributed by atoms with Crippen molar-refractivity contribution in [2.45, 2.75) is 33.4 Å². The molecule has 0 atom stereocenters. The van der Waals surface area contributed by atoms with Crippen LogP contribution in [0.4, 0.5) is 4.79 Å². The molecule has 3 rings (SSSR count). The summed E-state index contributed by atoms with van der Waals surface area (Å²) in [4.78, 5) is 26.4. The number of rotatable bonds is 7. The van der Waals surface area contributed by atoms with Crippen LogP contribution in [-0.2, 0) is 11.4 Å². The molecule has 0 aliphatic carbocycles. The van der Waals surface area contributed by atoms with Gasteiger partial charge < -0.3 is 9.47 Å². The quantitative estimate of drug-likeness (QED) is 0.293. The minimum absolute atomic E-state index is 0.176. The predicted molar refractivity (Wildman–Crippen MR) is 129 cm³/mol. The van der Waals surface area contributed by atoms with Gasteiger partial charge in [-0.05, 0) is 96.6 Å². The van der Waals surface area contributed by atoms with Crippen molar-refractivity contribution in [1.29, 1.82) is 0 Å². The highest BCUT2D eigenvalue weighted by Crippen LogP contribution is 2.38. The van der Waals surface area contributed by atoms with Crippen LogP contribution in [-0.4, -0.2) is 28.7 Å². The molecule has 2 aromatic carbocycles. The van der Waals surface area contributed by atoms with Crippen LogP contribution in [0.2, 0.25) is 5.02 Å². The van der Waals surface area contributed by atoms with E-state index in [9.17, 15) is 9.59 Å². The Bertz CT molecular complexity index is 1010. The van der Waals surface area contributed by atoms with Crippen LogP contribution in [0.15, 0.2) is 41.3 Å². The average Bonchev–Trinajstić information content (AvgIpc) is 2.94. The molecule has 2 aromatic rings. The number of halogens is 2. The molecular formula is C22H21ClINO4S. The molecule has 1 aliphatic rings. The number of hydrogen-bond acceptors (Lipinski definition) is 5. The maximum atomic E-state index is 12.6. The van der Waals surface area contributed by atoms with Gasteiger partial charge >= 0.3 is 0 Å². The van der Waals surface area contributed by atoms with Crippen LogP contribution < -0.4 is 9.47 Å². The molecule has 0 saturated carbocycles. The summed E-state index contributed by atoms with van der Waals surface area (Å²) in [6, 6.07) is 11.0. The van der Waals surface area contributed by atoms with Gasteiger partial charge in [0.2, 0.25) is 0 Å². The van der Waals surface area contributed by atoms with E-state index in [4.69, 9.17) is 21.1 Å². The number of carbonyl (C=O) groups is 2.